The van der Waals surface area contributed by atoms with Crippen molar-refractivity contribution < 1.29 is 4.79 Å². The Kier molecular flexibility index (Phi) is 1.91. The van der Waals surface area contributed by atoms with Gasteiger partial charge in [-0.05, 0) is 0 Å². The number of aliphatic imine (C=N–C) groups is 1. The molecule has 44 valence electrons. The molecule has 0 aromatic rings. The molecule has 0 saturated heterocycles. The summed E-state index contributed by atoms with van der Waals surface area (Å²) in [5.74, 6) is 0.908. The van der Waals surface area contributed by atoms with Crippen LogP contribution in [0.15, 0.2) is 4.99 Å². The number of thioether (sulfide) groups is 1. The van der Waals surface area contributed by atoms with Crippen LogP contribution in [0.5, 0.6) is 0 Å². The van der Waals surface area contributed by atoms with Gasteiger partial charge in [0.25, 0.3) is 0 Å². The zero-order valence-electron chi connectivity index (χ0n) is 4.20. The molecule has 0 spiro atoms. The first kappa shape index (κ1) is 5.62. The van der Waals surface area contributed by atoms with Crippen LogP contribution in [0.1, 0.15) is 0 Å². The molecule has 0 radical (unpaired) electrons. The number of carbonyl (C=O) groups excluding carboxylic acids is 1. The van der Waals surface area contributed by atoms with Crippen molar-refractivity contribution in [3.05, 3.63) is 0 Å². The molecule has 1 rings (SSSR count). The number of hydrogen-bond acceptors (Lipinski definition) is 3. The minimum Gasteiger partial charge on any atom is -0.328 e. The lowest BCUT2D eigenvalue weighted by atomic mass is 10.9. The number of nitrogens with one attached hydrogen (secondary N) is 1. The molecule has 0 fully saturated rings. The second kappa shape index (κ2) is 2.71. The van der Waals surface area contributed by atoms with E-state index >= 15 is 0 Å². The van der Waals surface area contributed by atoms with Crippen LogP contribution < -0.4 is 5.32 Å². The average Bonchev–Trinajstić information content (AvgIpc) is 2.19. The van der Waals surface area contributed by atoms with Crippen LogP contribution in [0.3, 0.4) is 0 Å². The van der Waals surface area contributed by atoms with Crippen LogP contribution in [0.4, 0.5) is 0 Å². The Bertz CT molecular complexity index is 115. The van der Waals surface area contributed by atoms with Gasteiger partial charge >= 0.3 is 0 Å². The summed E-state index contributed by atoms with van der Waals surface area (Å²) in [6, 6.07) is 0. The van der Waals surface area contributed by atoms with Crippen molar-refractivity contribution in [1.29, 1.82) is 0 Å². The van der Waals surface area contributed by atoms with Crippen LogP contribution in [0, 0.1) is 0 Å². The standard InChI is InChI=1S/C4H6N2OS/c7-3-6-4-5-1-2-8-4/h1,3-4H,2H2,(H,6,7). The van der Waals surface area contributed by atoms with Crippen molar-refractivity contribution in [2.45, 2.75) is 5.50 Å². The van der Waals surface area contributed by atoms with Gasteiger partial charge in [0, 0.05) is 12.0 Å². The van der Waals surface area contributed by atoms with Gasteiger partial charge in [0.2, 0.25) is 6.41 Å². The maximum absolute atomic E-state index is 9.76. The van der Waals surface area contributed by atoms with Gasteiger partial charge in [0.15, 0.2) is 5.50 Å². The molecular formula is C4H6N2OS. The minimum atomic E-state index is -0.0208. The molecule has 0 aliphatic carbocycles. The van der Waals surface area contributed by atoms with E-state index in [2.05, 4.69) is 10.3 Å². The first-order chi connectivity index (χ1) is 3.93. The Morgan fingerprint density at radius 2 is 2.88 bits per heavy atom. The number of carbonyl (C=O) groups is 1. The lowest BCUT2D eigenvalue weighted by molar-refractivity contribution is -0.109. The summed E-state index contributed by atoms with van der Waals surface area (Å²) < 4.78 is 0. The van der Waals surface area contributed by atoms with E-state index in [4.69, 9.17) is 0 Å². The smallest absolute Gasteiger partial charge is 0.209 e. The second-order valence-electron chi connectivity index (χ2n) is 1.30. The third kappa shape index (κ3) is 1.23. The number of hydrogen-bond donors (Lipinski definition) is 1. The van der Waals surface area contributed by atoms with E-state index < -0.39 is 0 Å². The topological polar surface area (TPSA) is 41.5 Å². The lowest BCUT2D eigenvalue weighted by Crippen LogP contribution is -2.19. The molecule has 1 aliphatic rings. The molecular weight excluding hydrogens is 124 g/mol. The van der Waals surface area contributed by atoms with Crippen LogP contribution in [-0.2, 0) is 4.79 Å². The van der Waals surface area contributed by atoms with E-state index in [1.807, 2.05) is 0 Å². The van der Waals surface area contributed by atoms with Crippen LogP contribution in [0.2, 0.25) is 0 Å². The normalized spacial score (nSPS) is 25.8. The third-order valence-electron chi connectivity index (χ3n) is 0.780. The van der Waals surface area contributed by atoms with Crippen molar-refractivity contribution in [3.8, 4) is 0 Å². The van der Waals surface area contributed by atoms with Gasteiger partial charge in [0.1, 0.15) is 0 Å². The van der Waals surface area contributed by atoms with Gasteiger partial charge in [-0.1, -0.05) is 0 Å². The zero-order chi connectivity index (χ0) is 5.82. The van der Waals surface area contributed by atoms with Crippen molar-refractivity contribution in [2.75, 3.05) is 5.75 Å². The number of rotatable bonds is 2. The first-order valence-corrected chi connectivity index (χ1v) is 3.31. The van der Waals surface area contributed by atoms with E-state index in [1.165, 1.54) is 0 Å². The van der Waals surface area contributed by atoms with E-state index in [1.54, 1.807) is 18.0 Å². The Hall–Kier alpha value is -0.510. The molecule has 0 saturated carbocycles. The highest BCUT2D eigenvalue weighted by Crippen LogP contribution is 2.11. The fourth-order valence-electron chi connectivity index (χ4n) is 0.465. The summed E-state index contributed by atoms with van der Waals surface area (Å²) in [6.45, 7) is 0. The summed E-state index contributed by atoms with van der Waals surface area (Å²) in [6.07, 6.45) is 2.46. The van der Waals surface area contributed by atoms with E-state index in [9.17, 15) is 4.79 Å². The molecule has 0 aromatic carbocycles. The van der Waals surface area contributed by atoms with Crippen molar-refractivity contribution in [3.63, 3.8) is 0 Å². The lowest BCUT2D eigenvalue weighted by Gasteiger charge is -2.00. The molecule has 0 aromatic heterocycles. The fourth-order valence-corrected chi connectivity index (χ4v) is 1.14. The van der Waals surface area contributed by atoms with Crippen molar-refractivity contribution in [2.24, 2.45) is 4.99 Å². The maximum atomic E-state index is 9.76. The van der Waals surface area contributed by atoms with Crippen molar-refractivity contribution >= 4 is 24.4 Å². The molecule has 4 heteroatoms. The number of nitrogens with zero attached hydrogens (tertiary/aromatic N) is 1. The van der Waals surface area contributed by atoms with E-state index in [0.29, 0.717) is 6.41 Å². The summed E-state index contributed by atoms with van der Waals surface area (Å²) in [5, 5.41) is 2.53. The summed E-state index contributed by atoms with van der Waals surface area (Å²) >= 11 is 1.60. The fraction of sp³-hybridized carbons (Fsp3) is 0.500. The predicted octanol–water partition coefficient (Wildman–Crippen LogP) is -0.166. The Morgan fingerprint density at radius 1 is 2.00 bits per heavy atom. The largest absolute Gasteiger partial charge is 0.328 e. The molecule has 1 aliphatic heterocycles. The molecule has 3 nitrogen and oxygen atoms in total. The Morgan fingerprint density at radius 3 is 3.38 bits per heavy atom. The minimum absolute atomic E-state index is 0.0208. The monoisotopic (exact) mass is 130 g/mol. The Labute approximate surface area is 51.6 Å². The molecule has 0 bridgehead atoms. The summed E-state index contributed by atoms with van der Waals surface area (Å²) in [5.41, 5.74) is -0.0208. The van der Waals surface area contributed by atoms with E-state index in [0.717, 1.165) is 5.75 Å². The van der Waals surface area contributed by atoms with Gasteiger partial charge in [-0.3, -0.25) is 9.79 Å². The number of amides is 1. The molecule has 1 heterocycles. The Balaban J connectivity index is 2.25. The second-order valence-corrected chi connectivity index (χ2v) is 2.42. The van der Waals surface area contributed by atoms with Gasteiger partial charge in [-0.2, -0.15) is 0 Å². The molecule has 1 amide bonds. The quantitative estimate of drug-likeness (QED) is 0.527. The van der Waals surface area contributed by atoms with Gasteiger partial charge in [0.05, 0.1) is 0 Å². The molecule has 1 unspecified atom stereocenters. The molecule has 8 heavy (non-hydrogen) atoms. The van der Waals surface area contributed by atoms with Crippen LogP contribution in [-0.4, -0.2) is 23.9 Å². The molecule has 1 N–H and O–H groups in total. The average molecular weight is 130 g/mol. The van der Waals surface area contributed by atoms with Gasteiger partial charge in [-0.15, -0.1) is 11.8 Å². The third-order valence-corrected chi connectivity index (χ3v) is 1.70. The van der Waals surface area contributed by atoms with Crippen LogP contribution >= 0.6 is 11.8 Å². The molecule has 1 atom stereocenters. The predicted molar refractivity (Wildman–Crippen MR) is 33.9 cm³/mol. The van der Waals surface area contributed by atoms with E-state index in [-0.39, 0.29) is 5.50 Å². The van der Waals surface area contributed by atoms with Crippen molar-refractivity contribution in [1.82, 2.24) is 5.32 Å². The van der Waals surface area contributed by atoms with Gasteiger partial charge < -0.3 is 5.32 Å². The zero-order valence-corrected chi connectivity index (χ0v) is 5.02. The van der Waals surface area contributed by atoms with Crippen LogP contribution in [0.25, 0.3) is 0 Å². The maximum Gasteiger partial charge on any atom is 0.209 e. The van der Waals surface area contributed by atoms with Gasteiger partial charge in [-0.25, -0.2) is 0 Å². The highest BCUT2D eigenvalue weighted by Gasteiger charge is 2.06. The summed E-state index contributed by atoms with van der Waals surface area (Å²) in [7, 11) is 0. The highest BCUT2D eigenvalue weighted by molar-refractivity contribution is 8.00. The SMILES string of the molecule is O=CNC1N=CCS1. The summed E-state index contributed by atoms with van der Waals surface area (Å²) in [4.78, 5) is 13.7. The first-order valence-electron chi connectivity index (χ1n) is 2.26. The highest BCUT2D eigenvalue weighted by atomic mass is 32.2.